The van der Waals surface area contributed by atoms with Crippen molar-refractivity contribution in [2.75, 3.05) is 25.6 Å². The zero-order valence-corrected chi connectivity index (χ0v) is 9.87. The first-order chi connectivity index (χ1) is 7.67. The van der Waals surface area contributed by atoms with Crippen LogP contribution in [0.4, 0.5) is 5.69 Å². The highest BCUT2D eigenvalue weighted by atomic mass is 16.5. The molecule has 0 aromatic heterocycles. The standard InChI is InChI=1S/C12H17NO3/c1-4-16-8-12(14)13-10-6-5-9(2)7-11(10)15-3/h5-7H,4,8H2,1-3H3,(H,13,14). The van der Waals surface area contributed by atoms with Gasteiger partial charge in [-0.25, -0.2) is 0 Å². The fourth-order valence-electron chi connectivity index (χ4n) is 1.28. The van der Waals surface area contributed by atoms with Gasteiger partial charge in [-0.2, -0.15) is 0 Å². The number of amides is 1. The van der Waals surface area contributed by atoms with Crippen molar-refractivity contribution in [3.63, 3.8) is 0 Å². The van der Waals surface area contributed by atoms with Gasteiger partial charge in [0.05, 0.1) is 12.8 Å². The molecule has 0 aliphatic carbocycles. The van der Waals surface area contributed by atoms with Gasteiger partial charge in [0.1, 0.15) is 12.4 Å². The fraction of sp³-hybridized carbons (Fsp3) is 0.417. The maximum Gasteiger partial charge on any atom is 0.250 e. The quantitative estimate of drug-likeness (QED) is 0.830. The van der Waals surface area contributed by atoms with Gasteiger partial charge in [0.15, 0.2) is 0 Å². The van der Waals surface area contributed by atoms with Gasteiger partial charge in [0.2, 0.25) is 5.91 Å². The summed E-state index contributed by atoms with van der Waals surface area (Å²) in [6.07, 6.45) is 0. The van der Waals surface area contributed by atoms with Crippen LogP contribution in [0, 0.1) is 6.92 Å². The van der Waals surface area contributed by atoms with Gasteiger partial charge in [-0.05, 0) is 31.5 Å². The number of carbonyl (C=O) groups excluding carboxylic acids is 1. The molecule has 1 N–H and O–H groups in total. The van der Waals surface area contributed by atoms with Crippen LogP contribution in [0.1, 0.15) is 12.5 Å². The Balaban J connectivity index is 2.69. The van der Waals surface area contributed by atoms with E-state index in [1.54, 1.807) is 7.11 Å². The van der Waals surface area contributed by atoms with Crippen LogP contribution in [0.3, 0.4) is 0 Å². The summed E-state index contributed by atoms with van der Waals surface area (Å²) in [5.41, 5.74) is 1.75. The predicted octanol–water partition coefficient (Wildman–Crippen LogP) is 1.98. The first kappa shape index (κ1) is 12.5. The van der Waals surface area contributed by atoms with Crippen molar-refractivity contribution in [1.29, 1.82) is 0 Å². The highest BCUT2D eigenvalue weighted by Gasteiger charge is 2.07. The second-order valence-corrected chi connectivity index (χ2v) is 3.39. The number of hydrogen-bond donors (Lipinski definition) is 1. The third-order valence-electron chi connectivity index (χ3n) is 2.07. The summed E-state index contributed by atoms with van der Waals surface area (Å²) in [4.78, 5) is 11.4. The third-order valence-corrected chi connectivity index (χ3v) is 2.07. The summed E-state index contributed by atoms with van der Waals surface area (Å²) in [7, 11) is 1.58. The largest absolute Gasteiger partial charge is 0.495 e. The first-order valence-electron chi connectivity index (χ1n) is 5.19. The number of carbonyl (C=O) groups is 1. The zero-order valence-electron chi connectivity index (χ0n) is 9.87. The van der Waals surface area contributed by atoms with Gasteiger partial charge in [-0.15, -0.1) is 0 Å². The lowest BCUT2D eigenvalue weighted by molar-refractivity contribution is -0.120. The molecule has 0 aliphatic heterocycles. The maximum atomic E-state index is 11.4. The number of benzene rings is 1. The highest BCUT2D eigenvalue weighted by molar-refractivity contribution is 5.93. The number of methoxy groups -OCH3 is 1. The van der Waals surface area contributed by atoms with E-state index in [1.165, 1.54) is 0 Å². The van der Waals surface area contributed by atoms with E-state index in [-0.39, 0.29) is 12.5 Å². The Labute approximate surface area is 95.6 Å². The van der Waals surface area contributed by atoms with Crippen molar-refractivity contribution < 1.29 is 14.3 Å². The molecular formula is C12H17NO3. The molecule has 0 unspecified atom stereocenters. The molecule has 0 heterocycles. The van der Waals surface area contributed by atoms with Crippen LogP contribution < -0.4 is 10.1 Å². The summed E-state index contributed by atoms with van der Waals surface area (Å²) in [6.45, 7) is 4.40. The van der Waals surface area contributed by atoms with Gasteiger partial charge in [-0.3, -0.25) is 4.79 Å². The zero-order chi connectivity index (χ0) is 12.0. The monoisotopic (exact) mass is 223 g/mol. The first-order valence-corrected chi connectivity index (χ1v) is 5.19. The minimum atomic E-state index is -0.177. The van der Waals surface area contributed by atoms with E-state index in [2.05, 4.69) is 5.32 Å². The number of hydrogen-bond acceptors (Lipinski definition) is 3. The minimum absolute atomic E-state index is 0.0630. The molecule has 0 bridgehead atoms. The Morgan fingerprint density at radius 1 is 1.44 bits per heavy atom. The van der Waals surface area contributed by atoms with Crippen molar-refractivity contribution in [2.45, 2.75) is 13.8 Å². The summed E-state index contributed by atoms with van der Waals surface area (Å²) in [5.74, 6) is 0.480. The van der Waals surface area contributed by atoms with Crippen LogP contribution in [-0.4, -0.2) is 26.2 Å². The predicted molar refractivity (Wildman–Crippen MR) is 62.9 cm³/mol. The van der Waals surface area contributed by atoms with E-state index in [1.807, 2.05) is 32.0 Å². The van der Waals surface area contributed by atoms with Crippen LogP contribution in [-0.2, 0) is 9.53 Å². The van der Waals surface area contributed by atoms with Crippen molar-refractivity contribution in [3.05, 3.63) is 23.8 Å². The number of aryl methyl sites for hydroxylation is 1. The van der Waals surface area contributed by atoms with E-state index in [0.717, 1.165) is 5.56 Å². The van der Waals surface area contributed by atoms with E-state index in [9.17, 15) is 4.79 Å². The Hall–Kier alpha value is -1.55. The summed E-state index contributed by atoms with van der Waals surface area (Å²) < 4.78 is 10.2. The van der Waals surface area contributed by atoms with Crippen LogP contribution in [0.25, 0.3) is 0 Å². The molecule has 0 saturated heterocycles. The normalized spacial score (nSPS) is 9.94. The van der Waals surface area contributed by atoms with Gasteiger partial charge >= 0.3 is 0 Å². The summed E-state index contributed by atoms with van der Waals surface area (Å²) in [6, 6.07) is 5.60. The smallest absolute Gasteiger partial charge is 0.250 e. The Morgan fingerprint density at radius 3 is 2.81 bits per heavy atom. The van der Waals surface area contributed by atoms with Crippen LogP contribution in [0.15, 0.2) is 18.2 Å². The lowest BCUT2D eigenvalue weighted by atomic mass is 10.2. The van der Waals surface area contributed by atoms with Gasteiger partial charge < -0.3 is 14.8 Å². The average Bonchev–Trinajstić information content (AvgIpc) is 2.28. The van der Waals surface area contributed by atoms with E-state index in [0.29, 0.717) is 18.0 Å². The Kier molecular flexibility index (Phi) is 4.79. The molecule has 4 nitrogen and oxygen atoms in total. The number of anilines is 1. The second kappa shape index (κ2) is 6.12. The molecule has 4 heteroatoms. The van der Waals surface area contributed by atoms with Crippen molar-refractivity contribution in [2.24, 2.45) is 0 Å². The molecule has 0 radical (unpaired) electrons. The number of nitrogens with one attached hydrogen (secondary N) is 1. The van der Waals surface area contributed by atoms with Gasteiger partial charge in [0, 0.05) is 6.61 Å². The molecule has 1 rings (SSSR count). The summed E-state index contributed by atoms with van der Waals surface area (Å²) >= 11 is 0. The number of rotatable bonds is 5. The minimum Gasteiger partial charge on any atom is -0.495 e. The molecule has 0 aliphatic rings. The topological polar surface area (TPSA) is 47.6 Å². The Bertz CT molecular complexity index is 363. The SMILES string of the molecule is CCOCC(=O)Nc1ccc(C)cc1OC. The van der Waals surface area contributed by atoms with Crippen molar-refractivity contribution >= 4 is 11.6 Å². The molecule has 0 fully saturated rings. The van der Waals surface area contributed by atoms with E-state index in [4.69, 9.17) is 9.47 Å². The van der Waals surface area contributed by atoms with Crippen molar-refractivity contribution in [3.8, 4) is 5.75 Å². The summed E-state index contributed by atoms with van der Waals surface area (Å²) in [5, 5.41) is 2.73. The molecule has 0 spiro atoms. The number of ether oxygens (including phenoxy) is 2. The molecule has 1 aromatic rings. The molecule has 0 saturated carbocycles. The molecular weight excluding hydrogens is 206 g/mol. The molecule has 16 heavy (non-hydrogen) atoms. The molecule has 0 atom stereocenters. The molecule has 88 valence electrons. The highest BCUT2D eigenvalue weighted by Crippen LogP contribution is 2.24. The fourth-order valence-corrected chi connectivity index (χ4v) is 1.28. The van der Waals surface area contributed by atoms with E-state index < -0.39 is 0 Å². The van der Waals surface area contributed by atoms with E-state index >= 15 is 0 Å². The van der Waals surface area contributed by atoms with Crippen LogP contribution in [0.5, 0.6) is 5.75 Å². The van der Waals surface area contributed by atoms with Gasteiger partial charge in [0.25, 0.3) is 0 Å². The Morgan fingerprint density at radius 2 is 2.19 bits per heavy atom. The third kappa shape index (κ3) is 3.55. The van der Waals surface area contributed by atoms with Gasteiger partial charge in [-0.1, -0.05) is 6.07 Å². The van der Waals surface area contributed by atoms with Crippen LogP contribution >= 0.6 is 0 Å². The van der Waals surface area contributed by atoms with Crippen molar-refractivity contribution in [1.82, 2.24) is 0 Å². The second-order valence-electron chi connectivity index (χ2n) is 3.39. The molecule has 1 amide bonds. The van der Waals surface area contributed by atoms with Crippen LogP contribution in [0.2, 0.25) is 0 Å². The average molecular weight is 223 g/mol. The lowest BCUT2D eigenvalue weighted by Gasteiger charge is -2.10. The molecule has 1 aromatic carbocycles. The maximum absolute atomic E-state index is 11.4. The lowest BCUT2D eigenvalue weighted by Crippen LogP contribution is -2.18.